The number of hydrogen-bond donors (Lipinski definition) is 1. The van der Waals surface area contributed by atoms with E-state index in [0.717, 1.165) is 5.56 Å². The summed E-state index contributed by atoms with van der Waals surface area (Å²) in [7, 11) is 1.55. The van der Waals surface area contributed by atoms with E-state index in [9.17, 15) is 9.59 Å². The van der Waals surface area contributed by atoms with Crippen LogP contribution in [0.5, 0.6) is 11.5 Å². The number of methoxy groups -OCH3 is 1. The molecule has 1 aliphatic rings. The molecule has 4 rings (SSSR count). The Labute approximate surface area is 201 Å². The van der Waals surface area contributed by atoms with Gasteiger partial charge in [0.1, 0.15) is 23.7 Å². The Morgan fingerprint density at radius 1 is 1.03 bits per heavy atom. The van der Waals surface area contributed by atoms with Gasteiger partial charge in [0.2, 0.25) is 0 Å². The minimum Gasteiger partial charge on any atom is -0.497 e. The molecular weight excluding hydrogens is 460 g/mol. The summed E-state index contributed by atoms with van der Waals surface area (Å²) in [4.78, 5) is 27.2. The van der Waals surface area contributed by atoms with Crippen molar-refractivity contribution in [2.75, 3.05) is 12.0 Å². The summed E-state index contributed by atoms with van der Waals surface area (Å²) < 4.78 is 11.3. The highest BCUT2D eigenvalue weighted by atomic mass is 35.5. The first-order valence-electron chi connectivity index (χ1n) is 9.98. The molecule has 1 N–H and O–H groups in total. The van der Waals surface area contributed by atoms with Gasteiger partial charge in [0.15, 0.2) is 5.11 Å². The van der Waals surface area contributed by atoms with Crippen LogP contribution >= 0.6 is 23.8 Å². The Bertz CT molecular complexity index is 1240. The molecular formula is C25H19ClN2O4S. The number of carbonyl (C=O) groups excluding carboxylic acids is 2. The van der Waals surface area contributed by atoms with E-state index in [2.05, 4.69) is 5.32 Å². The van der Waals surface area contributed by atoms with E-state index in [1.165, 1.54) is 11.0 Å². The zero-order chi connectivity index (χ0) is 23.4. The normalized spacial score (nSPS) is 14.9. The highest BCUT2D eigenvalue weighted by Gasteiger charge is 2.34. The first kappa shape index (κ1) is 22.5. The molecule has 0 atom stereocenters. The number of nitrogens with zero attached hydrogens (tertiary/aromatic N) is 1. The molecule has 3 aromatic rings. The van der Waals surface area contributed by atoms with Gasteiger partial charge in [-0.25, -0.2) is 0 Å². The molecule has 0 radical (unpaired) electrons. The number of carbonyl (C=O) groups is 2. The lowest BCUT2D eigenvalue weighted by Crippen LogP contribution is -2.54. The Morgan fingerprint density at radius 2 is 1.76 bits per heavy atom. The number of halogens is 1. The summed E-state index contributed by atoms with van der Waals surface area (Å²) in [5.74, 6) is -0.0577. The summed E-state index contributed by atoms with van der Waals surface area (Å²) in [6, 6.07) is 21.3. The van der Waals surface area contributed by atoms with Crippen molar-refractivity contribution in [2.45, 2.75) is 6.61 Å². The molecule has 0 bridgehead atoms. The van der Waals surface area contributed by atoms with Crippen LogP contribution in [0.15, 0.2) is 78.4 Å². The molecule has 6 nitrogen and oxygen atoms in total. The van der Waals surface area contributed by atoms with E-state index in [1.54, 1.807) is 61.7 Å². The molecule has 8 heteroatoms. The molecule has 0 unspecified atom stereocenters. The van der Waals surface area contributed by atoms with Gasteiger partial charge in [-0.15, -0.1) is 0 Å². The maximum atomic E-state index is 13.2. The van der Waals surface area contributed by atoms with Gasteiger partial charge in [0.05, 0.1) is 12.8 Å². The van der Waals surface area contributed by atoms with Gasteiger partial charge >= 0.3 is 0 Å². The van der Waals surface area contributed by atoms with Gasteiger partial charge in [0.25, 0.3) is 11.8 Å². The molecule has 1 heterocycles. The molecule has 2 amide bonds. The predicted octanol–water partition coefficient (Wildman–Crippen LogP) is 4.76. The molecule has 3 aromatic carbocycles. The number of hydrogen-bond acceptors (Lipinski definition) is 5. The third kappa shape index (κ3) is 5.05. The average molecular weight is 479 g/mol. The minimum absolute atomic E-state index is 0.0299. The van der Waals surface area contributed by atoms with Crippen LogP contribution in [0.1, 0.15) is 11.1 Å². The van der Waals surface area contributed by atoms with Gasteiger partial charge < -0.3 is 9.47 Å². The Morgan fingerprint density at radius 3 is 2.45 bits per heavy atom. The van der Waals surface area contributed by atoms with Crippen LogP contribution < -0.4 is 19.7 Å². The second-order valence-electron chi connectivity index (χ2n) is 7.11. The molecule has 0 spiro atoms. The molecule has 0 saturated carbocycles. The van der Waals surface area contributed by atoms with E-state index in [0.29, 0.717) is 27.8 Å². The third-order valence-corrected chi connectivity index (χ3v) is 5.48. The van der Waals surface area contributed by atoms with Crippen LogP contribution in [0.2, 0.25) is 5.02 Å². The Kier molecular flexibility index (Phi) is 6.72. The monoisotopic (exact) mass is 478 g/mol. The van der Waals surface area contributed by atoms with Crippen molar-refractivity contribution in [2.24, 2.45) is 0 Å². The van der Waals surface area contributed by atoms with E-state index in [1.807, 2.05) is 18.2 Å². The highest BCUT2D eigenvalue weighted by Crippen LogP contribution is 2.29. The number of ether oxygens (including phenoxy) is 2. The SMILES string of the molecule is COc1ccc(/C=C2/C(=O)NC(=S)N(c3ccccc3)C2=O)c(OCc2ccc(Cl)cc2)c1. The second-order valence-corrected chi connectivity index (χ2v) is 7.94. The number of para-hydroxylation sites is 1. The highest BCUT2D eigenvalue weighted by molar-refractivity contribution is 7.80. The van der Waals surface area contributed by atoms with E-state index in [4.69, 9.17) is 33.3 Å². The standard InChI is InChI=1S/C25H19ClN2O4S/c1-31-20-12-9-17(22(14-20)32-15-16-7-10-18(26)11-8-16)13-21-23(29)27-25(33)28(24(21)30)19-5-3-2-4-6-19/h2-14H,15H2,1H3,(H,27,29,33)/b21-13-. The zero-order valence-corrected chi connectivity index (χ0v) is 19.2. The van der Waals surface area contributed by atoms with Crippen LogP contribution in [-0.2, 0) is 16.2 Å². The van der Waals surface area contributed by atoms with Crippen molar-refractivity contribution in [3.8, 4) is 11.5 Å². The minimum atomic E-state index is -0.573. The largest absolute Gasteiger partial charge is 0.497 e. The summed E-state index contributed by atoms with van der Waals surface area (Å²) in [5, 5.41) is 3.25. The van der Waals surface area contributed by atoms with Gasteiger partial charge in [-0.3, -0.25) is 19.8 Å². The number of rotatable bonds is 6. The molecule has 1 aliphatic heterocycles. The fraction of sp³-hybridized carbons (Fsp3) is 0.0800. The number of benzene rings is 3. The maximum absolute atomic E-state index is 13.2. The lowest BCUT2D eigenvalue weighted by atomic mass is 10.1. The van der Waals surface area contributed by atoms with Crippen molar-refractivity contribution in [1.29, 1.82) is 0 Å². The van der Waals surface area contributed by atoms with E-state index < -0.39 is 11.8 Å². The molecule has 33 heavy (non-hydrogen) atoms. The lowest BCUT2D eigenvalue weighted by Gasteiger charge is -2.29. The molecule has 0 aromatic heterocycles. The second kappa shape index (κ2) is 9.85. The first-order chi connectivity index (χ1) is 16.0. The van der Waals surface area contributed by atoms with Crippen LogP contribution in [-0.4, -0.2) is 24.0 Å². The van der Waals surface area contributed by atoms with Gasteiger partial charge in [-0.05, 0) is 60.3 Å². The van der Waals surface area contributed by atoms with Crippen molar-refractivity contribution in [3.63, 3.8) is 0 Å². The Balaban J connectivity index is 1.67. The fourth-order valence-electron chi connectivity index (χ4n) is 3.25. The Hall–Kier alpha value is -3.68. The lowest BCUT2D eigenvalue weighted by molar-refractivity contribution is -0.122. The van der Waals surface area contributed by atoms with E-state index in [-0.39, 0.29) is 17.3 Å². The number of nitrogens with one attached hydrogen (secondary N) is 1. The van der Waals surface area contributed by atoms with Gasteiger partial charge in [0, 0.05) is 16.7 Å². The van der Waals surface area contributed by atoms with Crippen molar-refractivity contribution in [1.82, 2.24) is 5.32 Å². The number of amides is 2. The average Bonchev–Trinajstić information content (AvgIpc) is 2.82. The number of anilines is 1. The molecule has 1 fully saturated rings. The van der Waals surface area contributed by atoms with Crippen molar-refractivity contribution >= 4 is 52.5 Å². The smallest absolute Gasteiger partial charge is 0.270 e. The topological polar surface area (TPSA) is 67.9 Å². The van der Waals surface area contributed by atoms with Crippen molar-refractivity contribution < 1.29 is 19.1 Å². The third-order valence-electron chi connectivity index (χ3n) is 4.94. The van der Waals surface area contributed by atoms with Crippen molar-refractivity contribution in [3.05, 3.63) is 94.5 Å². The van der Waals surface area contributed by atoms with Crippen LogP contribution in [0.25, 0.3) is 6.08 Å². The molecule has 166 valence electrons. The maximum Gasteiger partial charge on any atom is 0.270 e. The first-order valence-corrected chi connectivity index (χ1v) is 10.8. The quantitative estimate of drug-likeness (QED) is 0.314. The summed E-state index contributed by atoms with van der Waals surface area (Å²) in [6.45, 7) is 0.265. The summed E-state index contributed by atoms with van der Waals surface area (Å²) >= 11 is 11.2. The van der Waals surface area contributed by atoms with Crippen LogP contribution in [0.3, 0.4) is 0 Å². The summed E-state index contributed by atoms with van der Waals surface area (Å²) in [6.07, 6.45) is 1.49. The van der Waals surface area contributed by atoms with Gasteiger partial charge in [-0.1, -0.05) is 41.9 Å². The van der Waals surface area contributed by atoms with Crippen LogP contribution in [0.4, 0.5) is 5.69 Å². The summed E-state index contributed by atoms with van der Waals surface area (Å²) in [5.41, 5.74) is 1.96. The molecule has 0 aliphatic carbocycles. The van der Waals surface area contributed by atoms with Crippen LogP contribution in [0, 0.1) is 0 Å². The fourth-order valence-corrected chi connectivity index (χ4v) is 3.66. The predicted molar refractivity (Wildman–Crippen MR) is 131 cm³/mol. The molecule has 1 saturated heterocycles. The van der Waals surface area contributed by atoms with Gasteiger partial charge in [-0.2, -0.15) is 0 Å². The zero-order valence-electron chi connectivity index (χ0n) is 17.6. The van der Waals surface area contributed by atoms with E-state index >= 15 is 0 Å². The number of thiocarbonyl (C=S) groups is 1.